The molecule has 136 valence electrons. The Kier molecular flexibility index (Phi) is 5.38. The van der Waals surface area contributed by atoms with Gasteiger partial charge in [-0.15, -0.1) is 0 Å². The van der Waals surface area contributed by atoms with Crippen molar-refractivity contribution in [2.75, 3.05) is 11.9 Å². The number of rotatable bonds is 5. The summed E-state index contributed by atoms with van der Waals surface area (Å²) in [6, 6.07) is 15.2. The lowest BCUT2D eigenvalue weighted by atomic mass is 10.1. The van der Waals surface area contributed by atoms with Crippen molar-refractivity contribution in [3.63, 3.8) is 0 Å². The molecule has 0 saturated carbocycles. The SMILES string of the molecule is CCOC(=O)Nc1ccc2c(COc3ccccc3C#N)cc(=O)oc2c1. The van der Waals surface area contributed by atoms with Crippen LogP contribution in [0.5, 0.6) is 5.75 Å². The van der Waals surface area contributed by atoms with Crippen LogP contribution >= 0.6 is 0 Å². The molecule has 1 aromatic heterocycles. The molecule has 0 aliphatic heterocycles. The van der Waals surface area contributed by atoms with E-state index in [1.54, 1.807) is 49.4 Å². The van der Waals surface area contributed by atoms with Gasteiger partial charge in [0.1, 0.15) is 24.0 Å². The summed E-state index contributed by atoms with van der Waals surface area (Å²) in [7, 11) is 0. The van der Waals surface area contributed by atoms with Crippen molar-refractivity contribution in [1.82, 2.24) is 0 Å². The van der Waals surface area contributed by atoms with E-state index >= 15 is 0 Å². The van der Waals surface area contributed by atoms with E-state index in [1.807, 2.05) is 0 Å². The van der Waals surface area contributed by atoms with E-state index in [4.69, 9.17) is 19.2 Å². The van der Waals surface area contributed by atoms with Crippen molar-refractivity contribution in [3.8, 4) is 11.8 Å². The average Bonchev–Trinajstić information content (AvgIpc) is 2.66. The number of anilines is 1. The van der Waals surface area contributed by atoms with Gasteiger partial charge in [-0.1, -0.05) is 12.1 Å². The third-order valence-electron chi connectivity index (χ3n) is 3.74. The summed E-state index contributed by atoms with van der Waals surface area (Å²) in [6.45, 7) is 2.04. The second-order valence-corrected chi connectivity index (χ2v) is 5.54. The first-order chi connectivity index (χ1) is 13.1. The average molecular weight is 364 g/mol. The van der Waals surface area contributed by atoms with Gasteiger partial charge in [0.2, 0.25) is 0 Å². The minimum absolute atomic E-state index is 0.0887. The highest BCUT2D eigenvalue weighted by Gasteiger charge is 2.10. The second kappa shape index (κ2) is 8.06. The number of hydrogen-bond acceptors (Lipinski definition) is 6. The van der Waals surface area contributed by atoms with Crippen LogP contribution in [0.25, 0.3) is 11.0 Å². The van der Waals surface area contributed by atoms with Crippen molar-refractivity contribution < 1.29 is 18.7 Å². The number of nitrogens with one attached hydrogen (secondary N) is 1. The Morgan fingerprint density at radius 3 is 2.81 bits per heavy atom. The van der Waals surface area contributed by atoms with Crippen LogP contribution in [0.15, 0.2) is 57.7 Å². The van der Waals surface area contributed by atoms with Crippen molar-refractivity contribution in [1.29, 1.82) is 5.26 Å². The lowest BCUT2D eigenvalue weighted by molar-refractivity contribution is 0.168. The van der Waals surface area contributed by atoms with Crippen molar-refractivity contribution >= 4 is 22.7 Å². The van der Waals surface area contributed by atoms with Gasteiger partial charge < -0.3 is 13.9 Å². The van der Waals surface area contributed by atoms with Gasteiger partial charge in [-0.25, -0.2) is 9.59 Å². The molecule has 0 unspecified atom stereocenters. The number of nitriles is 1. The molecule has 2 aromatic carbocycles. The van der Waals surface area contributed by atoms with Gasteiger partial charge in [0.25, 0.3) is 0 Å². The number of benzene rings is 2. The predicted octanol–water partition coefficient (Wildman–Crippen LogP) is 3.81. The van der Waals surface area contributed by atoms with Crippen LogP contribution in [0.3, 0.4) is 0 Å². The van der Waals surface area contributed by atoms with Gasteiger partial charge in [0.05, 0.1) is 12.2 Å². The van der Waals surface area contributed by atoms with Gasteiger partial charge in [-0.05, 0) is 31.2 Å². The van der Waals surface area contributed by atoms with Crippen LogP contribution in [-0.4, -0.2) is 12.7 Å². The van der Waals surface area contributed by atoms with E-state index in [1.165, 1.54) is 6.07 Å². The summed E-state index contributed by atoms with van der Waals surface area (Å²) in [5.74, 6) is 0.432. The Bertz CT molecular complexity index is 1080. The Hall–Kier alpha value is -3.79. The van der Waals surface area contributed by atoms with E-state index in [-0.39, 0.29) is 13.2 Å². The Morgan fingerprint density at radius 1 is 1.22 bits per heavy atom. The van der Waals surface area contributed by atoms with Gasteiger partial charge in [0, 0.05) is 28.8 Å². The number of hydrogen-bond donors (Lipinski definition) is 1. The summed E-state index contributed by atoms with van der Waals surface area (Å²) in [5, 5.41) is 12.4. The molecule has 1 N–H and O–H groups in total. The lowest BCUT2D eigenvalue weighted by Crippen LogP contribution is -2.13. The fraction of sp³-hybridized carbons (Fsp3) is 0.150. The zero-order chi connectivity index (χ0) is 19.2. The first-order valence-electron chi connectivity index (χ1n) is 8.23. The molecule has 0 fully saturated rings. The van der Waals surface area contributed by atoms with Crippen molar-refractivity contribution in [2.45, 2.75) is 13.5 Å². The molecule has 0 atom stereocenters. The third kappa shape index (κ3) is 4.25. The van der Waals surface area contributed by atoms with Gasteiger partial charge in [-0.2, -0.15) is 5.26 Å². The van der Waals surface area contributed by atoms with Gasteiger partial charge in [-0.3, -0.25) is 5.32 Å². The van der Waals surface area contributed by atoms with Crippen molar-refractivity contribution in [2.24, 2.45) is 0 Å². The monoisotopic (exact) mass is 364 g/mol. The first kappa shape index (κ1) is 18.0. The normalized spacial score (nSPS) is 10.2. The van der Waals surface area contributed by atoms with Crippen LogP contribution in [-0.2, 0) is 11.3 Å². The molecule has 0 spiro atoms. The first-order valence-corrected chi connectivity index (χ1v) is 8.23. The maximum Gasteiger partial charge on any atom is 0.411 e. The van der Waals surface area contributed by atoms with Crippen molar-refractivity contribution in [3.05, 3.63) is 70.1 Å². The van der Waals surface area contributed by atoms with E-state index < -0.39 is 11.7 Å². The highest BCUT2D eigenvalue weighted by atomic mass is 16.5. The Morgan fingerprint density at radius 2 is 2.04 bits per heavy atom. The number of nitrogens with zero attached hydrogens (tertiary/aromatic N) is 1. The number of carbonyl (C=O) groups is 1. The lowest BCUT2D eigenvalue weighted by Gasteiger charge is -2.10. The molecule has 0 saturated heterocycles. The van der Waals surface area contributed by atoms with E-state index in [0.29, 0.717) is 33.5 Å². The fourth-order valence-corrected chi connectivity index (χ4v) is 2.55. The Balaban J connectivity index is 1.88. The zero-order valence-electron chi connectivity index (χ0n) is 14.5. The summed E-state index contributed by atoms with van der Waals surface area (Å²) in [5.41, 5.74) is 1.23. The summed E-state index contributed by atoms with van der Waals surface area (Å²) in [6.07, 6.45) is -0.591. The number of carbonyl (C=O) groups excluding carboxylic acids is 1. The topological polar surface area (TPSA) is 102 Å². The second-order valence-electron chi connectivity index (χ2n) is 5.54. The minimum atomic E-state index is -0.591. The maximum atomic E-state index is 11.9. The molecule has 0 aliphatic rings. The quantitative estimate of drug-likeness (QED) is 0.691. The fourth-order valence-electron chi connectivity index (χ4n) is 2.55. The standard InChI is InChI=1S/C20H16N2O5/c1-2-25-20(24)22-15-7-8-16-14(9-19(23)27-18(16)10-15)12-26-17-6-4-3-5-13(17)11-21/h3-10H,2,12H2,1H3,(H,22,24). The maximum absolute atomic E-state index is 11.9. The zero-order valence-corrected chi connectivity index (χ0v) is 14.5. The highest BCUT2D eigenvalue weighted by molar-refractivity contribution is 5.89. The van der Waals surface area contributed by atoms with E-state index in [0.717, 1.165) is 0 Å². The molecule has 27 heavy (non-hydrogen) atoms. The molecule has 0 aliphatic carbocycles. The molecule has 0 radical (unpaired) electrons. The van der Waals surface area contributed by atoms with E-state index in [2.05, 4.69) is 11.4 Å². The van der Waals surface area contributed by atoms with Crippen LogP contribution in [0, 0.1) is 11.3 Å². The molecule has 7 nitrogen and oxygen atoms in total. The number of amides is 1. The summed E-state index contributed by atoms with van der Waals surface area (Å²) < 4.78 is 15.8. The molecule has 7 heteroatoms. The summed E-state index contributed by atoms with van der Waals surface area (Å²) in [4.78, 5) is 23.4. The number of para-hydroxylation sites is 1. The largest absolute Gasteiger partial charge is 0.487 e. The molecule has 3 rings (SSSR count). The molecule has 1 amide bonds. The number of ether oxygens (including phenoxy) is 2. The van der Waals surface area contributed by atoms with Crippen LogP contribution in [0.2, 0.25) is 0 Å². The third-order valence-corrected chi connectivity index (χ3v) is 3.74. The van der Waals surface area contributed by atoms with Gasteiger partial charge >= 0.3 is 11.7 Å². The Labute approximate surface area is 154 Å². The van der Waals surface area contributed by atoms with E-state index in [9.17, 15) is 9.59 Å². The minimum Gasteiger partial charge on any atom is -0.487 e. The van der Waals surface area contributed by atoms with Crippen LogP contribution in [0.1, 0.15) is 18.1 Å². The molecule has 0 bridgehead atoms. The van der Waals surface area contributed by atoms with Crippen LogP contribution in [0.4, 0.5) is 10.5 Å². The molecular formula is C20H16N2O5. The van der Waals surface area contributed by atoms with Gasteiger partial charge in [0.15, 0.2) is 0 Å². The predicted molar refractivity (Wildman–Crippen MR) is 98.6 cm³/mol. The molecule has 3 aromatic rings. The number of fused-ring (bicyclic) bond motifs is 1. The smallest absolute Gasteiger partial charge is 0.411 e. The summed E-state index contributed by atoms with van der Waals surface area (Å²) >= 11 is 0. The molecule has 1 heterocycles. The highest BCUT2D eigenvalue weighted by Crippen LogP contribution is 2.24. The van der Waals surface area contributed by atoms with Crippen LogP contribution < -0.4 is 15.7 Å². The molecular weight excluding hydrogens is 348 g/mol.